The van der Waals surface area contributed by atoms with Crippen LogP contribution in [0, 0.1) is 0 Å². The summed E-state index contributed by atoms with van der Waals surface area (Å²) in [6.07, 6.45) is -2.56. The Morgan fingerprint density at radius 1 is 0.895 bits per heavy atom. The topological polar surface area (TPSA) is 276 Å². The van der Waals surface area contributed by atoms with E-state index in [0.29, 0.717) is 5.56 Å². The number of aliphatic carboxylic acids is 1. The molecule has 1 aromatic rings. The number of carboxylic acids is 1. The van der Waals surface area contributed by atoms with Crippen molar-refractivity contribution in [1.29, 1.82) is 0 Å². The first kappa shape index (κ1) is 32.1. The van der Waals surface area contributed by atoms with Gasteiger partial charge in [-0.1, -0.05) is 12.1 Å². The second-order valence-corrected chi connectivity index (χ2v) is 8.77. The van der Waals surface area contributed by atoms with Gasteiger partial charge in [-0.3, -0.25) is 19.4 Å². The van der Waals surface area contributed by atoms with E-state index in [-0.39, 0.29) is 37.5 Å². The summed E-state index contributed by atoms with van der Waals surface area (Å²) in [6.45, 7) is 2.61. The quantitative estimate of drug-likeness (QED) is 0.0596. The number of aromatic hydroxyl groups is 1. The van der Waals surface area contributed by atoms with Crippen LogP contribution in [0.15, 0.2) is 29.3 Å². The number of nitrogens with zero attached hydrogens (tertiary/aromatic N) is 1. The number of benzene rings is 1. The third-order valence-corrected chi connectivity index (χ3v) is 5.45. The first-order valence-corrected chi connectivity index (χ1v) is 11.8. The molecule has 13 N–H and O–H groups in total. The number of aliphatic hydroxyl groups is 2. The lowest BCUT2D eigenvalue weighted by atomic mass is 10.0. The van der Waals surface area contributed by atoms with E-state index in [9.17, 15) is 39.6 Å². The van der Waals surface area contributed by atoms with Gasteiger partial charge in [-0.2, -0.15) is 0 Å². The highest BCUT2D eigenvalue weighted by molar-refractivity contribution is 5.94. The molecule has 0 radical (unpaired) electrons. The highest BCUT2D eigenvalue weighted by Gasteiger charge is 2.33. The van der Waals surface area contributed by atoms with Gasteiger partial charge >= 0.3 is 5.97 Å². The molecule has 0 saturated carbocycles. The van der Waals surface area contributed by atoms with Crippen LogP contribution in [-0.2, 0) is 25.6 Å². The SMILES string of the molecule is CC(O)C(N)C(=O)NC(C(=O)NC(CCCN=C(N)N)C(=O)NC(Cc1ccc(O)cc1)C(=O)O)C(C)O. The molecule has 3 amide bonds. The fourth-order valence-corrected chi connectivity index (χ4v) is 3.25. The Labute approximate surface area is 219 Å². The van der Waals surface area contributed by atoms with Gasteiger partial charge < -0.3 is 53.6 Å². The molecule has 0 fully saturated rings. The molecule has 15 nitrogen and oxygen atoms in total. The highest BCUT2D eigenvalue weighted by Crippen LogP contribution is 2.12. The average molecular weight is 540 g/mol. The van der Waals surface area contributed by atoms with Crippen molar-refractivity contribution in [2.75, 3.05) is 6.54 Å². The Kier molecular flexibility index (Phi) is 12.9. The number of rotatable bonds is 15. The second kappa shape index (κ2) is 15.3. The van der Waals surface area contributed by atoms with Gasteiger partial charge in [0.1, 0.15) is 29.9 Å². The summed E-state index contributed by atoms with van der Waals surface area (Å²) in [7, 11) is 0. The van der Waals surface area contributed by atoms with Gasteiger partial charge in [-0.05, 0) is 44.4 Å². The average Bonchev–Trinajstić information content (AvgIpc) is 2.83. The number of phenolic OH excluding ortho intramolecular Hbond substituents is 1. The largest absolute Gasteiger partial charge is 0.508 e. The fourth-order valence-electron chi connectivity index (χ4n) is 3.25. The minimum Gasteiger partial charge on any atom is -0.508 e. The normalized spacial score (nSPS) is 15.6. The van der Waals surface area contributed by atoms with Crippen molar-refractivity contribution >= 4 is 29.7 Å². The number of hydrogen-bond donors (Lipinski definition) is 10. The third-order valence-electron chi connectivity index (χ3n) is 5.45. The van der Waals surface area contributed by atoms with Crippen LogP contribution in [0.4, 0.5) is 0 Å². The Morgan fingerprint density at radius 3 is 1.97 bits per heavy atom. The lowest BCUT2D eigenvalue weighted by molar-refractivity contribution is -0.142. The van der Waals surface area contributed by atoms with Gasteiger partial charge in [0.05, 0.1) is 12.2 Å². The monoisotopic (exact) mass is 539 g/mol. The summed E-state index contributed by atoms with van der Waals surface area (Å²) >= 11 is 0. The molecule has 0 aliphatic heterocycles. The molecule has 0 aliphatic rings. The number of nitrogens with one attached hydrogen (secondary N) is 3. The van der Waals surface area contributed by atoms with E-state index in [0.717, 1.165) is 0 Å². The van der Waals surface area contributed by atoms with Gasteiger partial charge in [-0.25, -0.2) is 4.79 Å². The number of phenols is 1. The van der Waals surface area contributed by atoms with Crippen molar-refractivity contribution in [3.63, 3.8) is 0 Å². The van der Waals surface area contributed by atoms with Crippen molar-refractivity contribution in [1.82, 2.24) is 16.0 Å². The second-order valence-electron chi connectivity index (χ2n) is 8.77. The number of aliphatic hydroxyl groups excluding tert-OH is 2. The van der Waals surface area contributed by atoms with Crippen molar-refractivity contribution in [3.05, 3.63) is 29.8 Å². The molecule has 15 heteroatoms. The van der Waals surface area contributed by atoms with Crippen molar-refractivity contribution < 1.29 is 39.6 Å². The van der Waals surface area contributed by atoms with Gasteiger partial charge in [-0.15, -0.1) is 0 Å². The molecule has 0 heterocycles. The molecule has 1 rings (SSSR count). The summed E-state index contributed by atoms with van der Waals surface area (Å²) in [5.41, 5.74) is 16.7. The molecule has 38 heavy (non-hydrogen) atoms. The molecule has 1 aromatic carbocycles. The minimum absolute atomic E-state index is 0.0117. The molecule has 0 spiro atoms. The summed E-state index contributed by atoms with van der Waals surface area (Å²) in [5, 5.41) is 45.6. The maximum Gasteiger partial charge on any atom is 0.326 e. The smallest absolute Gasteiger partial charge is 0.326 e. The van der Waals surface area contributed by atoms with Crippen LogP contribution >= 0.6 is 0 Å². The van der Waals surface area contributed by atoms with Crippen molar-refractivity contribution in [2.24, 2.45) is 22.2 Å². The van der Waals surface area contributed by atoms with Crippen molar-refractivity contribution in [2.45, 2.75) is 69.5 Å². The van der Waals surface area contributed by atoms with Crippen LogP contribution < -0.4 is 33.2 Å². The molecule has 0 bridgehead atoms. The van der Waals surface area contributed by atoms with Crippen LogP contribution in [0.2, 0.25) is 0 Å². The van der Waals surface area contributed by atoms with Gasteiger partial charge in [0.25, 0.3) is 0 Å². The maximum atomic E-state index is 13.1. The van der Waals surface area contributed by atoms with Crippen LogP contribution in [0.5, 0.6) is 5.75 Å². The standard InChI is InChI=1S/C23H37N7O8/c1-11(31)17(24)20(35)30-18(12(2)32)21(36)28-15(4-3-9-27-23(25)26)19(34)29-16(22(37)38)10-13-5-7-14(33)8-6-13/h5-8,11-12,15-18,31-33H,3-4,9-10,24H2,1-2H3,(H,28,36)(H,29,34)(H,30,35)(H,37,38)(H4,25,26,27). The number of carboxylic acid groups (broad SMARTS) is 1. The number of carbonyl (C=O) groups is 4. The molecule has 0 saturated heterocycles. The first-order chi connectivity index (χ1) is 17.7. The van der Waals surface area contributed by atoms with Crippen LogP contribution in [0.1, 0.15) is 32.3 Å². The van der Waals surface area contributed by atoms with Gasteiger partial charge in [0.15, 0.2) is 5.96 Å². The number of amides is 3. The van der Waals surface area contributed by atoms with Crippen LogP contribution in [0.25, 0.3) is 0 Å². The summed E-state index contributed by atoms with van der Waals surface area (Å²) in [6, 6.07) is 0.168. The van der Waals surface area contributed by atoms with Crippen LogP contribution in [-0.4, -0.2) is 93.0 Å². The minimum atomic E-state index is -1.53. The summed E-state index contributed by atoms with van der Waals surface area (Å²) < 4.78 is 0. The third kappa shape index (κ3) is 11.0. The van der Waals surface area contributed by atoms with E-state index in [1.807, 2.05) is 0 Å². The number of guanidine groups is 1. The Balaban J connectivity index is 3.07. The zero-order valence-electron chi connectivity index (χ0n) is 21.2. The molecular formula is C23H37N7O8. The molecule has 0 aliphatic carbocycles. The summed E-state index contributed by atoms with van der Waals surface area (Å²) in [4.78, 5) is 53.8. The van der Waals surface area contributed by atoms with E-state index in [1.165, 1.54) is 38.1 Å². The number of hydrogen-bond acceptors (Lipinski definition) is 9. The number of carbonyl (C=O) groups excluding carboxylic acids is 3. The van der Waals surface area contributed by atoms with Crippen molar-refractivity contribution in [3.8, 4) is 5.75 Å². The Hall–Kier alpha value is -3.95. The van der Waals surface area contributed by atoms with E-state index < -0.39 is 60.1 Å². The zero-order valence-corrected chi connectivity index (χ0v) is 21.2. The van der Waals surface area contributed by atoms with E-state index in [2.05, 4.69) is 20.9 Å². The predicted molar refractivity (Wildman–Crippen MR) is 136 cm³/mol. The number of aliphatic imine (C=N–C) groups is 1. The van der Waals surface area contributed by atoms with E-state index in [4.69, 9.17) is 17.2 Å². The summed E-state index contributed by atoms with van der Waals surface area (Å²) in [5.74, 6) is -4.22. The van der Waals surface area contributed by atoms with Gasteiger partial charge in [0, 0.05) is 13.0 Å². The van der Waals surface area contributed by atoms with E-state index in [1.54, 1.807) is 0 Å². The highest BCUT2D eigenvalue weighted by atomic mass is 16.4. The number of nitrogens with two attached hydrogens (primary N) is 3. The molecule has 6 unspecified atom stereocenters. The predicted octanol–water partition coefficient (Wildman–Crippen LogP) is -3.38. The lowest BCUT2D eigenvalue weighted by Gasteiger charge is -2.27. The van der Waals surface area contributed by atoms with E-state index >= 15 is 0 Å². The molecule has 212 valence electrons. The Bertz CT molecular complexity index is 980. The first-order valence-electron chi connectivity index (χ1n) is 11.8. The molecule has 6 atom stereocenters. The fraction of sp³-hybridized carbons (Fsp3) is 0.522. The van der Waals surface area contributed by atoms with Crippen LogP contribution in [0.3, 0.4) is 0 Å². The zero-order chi connectivity index (χ0) is 29.0. The maximum absolute atomic E-state index is 13.1. The Morgan fingerprint density at radius 2 is 1.47 bits per heavy atom. The molecular weight excluding hydrogens is 502 g/mol. The molecule has 0 aromatic heterocycles. The lowest BCUT2D eigenvalue weighted by Crippen LogP contribution is -2.60. The van der Waals surface area contributed by atoms with Gasteiger partial charge in [0.2, 0.25) is 17.7 Å².